The van der Waals surface area contributed by atoms with Gasteiger partial charge in [0.2, 0.25) is 0 Å². The van der Waals surface area contributed by atoms with Crippen molar-refractivity contribution >= 4 is 29.1 Å². The maximum atomic E-state index is 5.84. The van der Waals surface area contributed by atoms with E-state index in [2.05, 4.69) is 35.7 Å². The minimum atomic E-state index is 0.475. The van der Waals surface area contributed by atoms with Crippen LogP contribution in [0.5, 0.6) is 11.6 Å². The fourth-order valence-electron chi connectivity index (χ4n) is 3.66. The first-order chi connectivity index (χ1) is 15.3. The Hall–Kier alpha value is -3.64. The number of benzene rings is 2. The van der Waals surface area contributed by atoms with Crippen molar-refractivity contribution in [3.8, 4) is 33.5 Å². The number of hydrogen-bond donors (Lipinski definition) is 0. The highest BCUT2D eigenvalue weighted by atomic mass is 32.1. The molecule has 6 rings (SSSR count). The number of hydrogen-bond acceptors (Lipinski definition) is 5. The summed E-state index contributed by atoms with van der Waals surface area (Å²) in [6, 6.07) is 28.1. The number of rotatable bonds is 0. The summed E-state index contributed by atoms with van der Waals surface area (Å²) in [6.07, 6.45) is 2.08. The van der Waals surface area contributed by atoms with Crippen LogP contribution in [0.1, 0.15) is 11.3 Å². The van der Waals surface area contributed by atoms with Gasteiger partial charge < -0.3 is 9.31 Å². The molecule has 146 valence electrons. The van der Waals surface area contributed by atoms with Crippen LogP contribution in [-0.4, -0.2) is 17.7 Å². The van der Waals surface area contributed by atoms with Crippen molar-refractivity contribution in [3.63, 3.8) is 0 Å². The van der Waals surface area contributed by atoms with E-state index in [1.165, 1.54) is 7.69 Å². The molecule has 0 fully saturated rings. The molecule has 6 heteroatoms. The van der Waals surface area contributed by atoms with Gasteiger partial charge in [0, 0.05) is 27.8 Å². The Kier molecular flexibility index (Phi) is 4.43. The fraction of sp³-hybridized carbons (Fsp3) is 0. The lowest BCUT2D eigenvalue weighted by molar-refractivity contribution is 0.451. The standard InChI is InChI=1S/C25H15BN2O2S/c1-5-16-13-17(6-1)20-8-3-12-25(28-20)30-26-29-22-10-4-11-23-19(22)15-24(31-23)21-9-2-7-18(14-16)27-21/h1-15H. The summed E-state index contributed by atoms with van der Waals surface area (Å²) in [5.41, 5.74) is 4.75. The molecule has 1 aliphatic rings. The zero-order valence-electron chi connectivity index (χ0n) is 16.4. The second-order valence-electron chi connectivity index (χ2n) is 7.19. The minimum Gasteiger partial charge on any atom is -0.526 e. The minimum absolute atomic E-state index is 0.475. The van der Waals surface area contributed by atoms with Gasteiger partial charge in [0.1, 0.15) is 5.75 Å². The van der Waals surface area contributed by atoms with Crippen LogP contribution in [0.25, 0.3) is 31.9 Å². The van der Waals surface area contributed by atoms with Gasteiger partial charge in [-0.1, -0.05) is 36.4 Å². The SMILES string of the molecule is [B]1Oc2cccc(n2)-c2cccc(c2)[CH]c2cccc(n2)-c2cc3c(cccc3s2)O1. The maximum Gasteiger partial charge on any atom is 0.659 e. The van der Waals surface area contributed by atoms with E-state index in [1.54, 1.807) is 11.3 Å². The largest absolute Gasteiger partial charge is 0.659 e. The monoisotopic (exact) mass is 418 g/mol. The summed E-state index contributed by atoms with van der Waals surface area (Å²) in [4.78, 5) is 10.6. The van der Waals surface area contributed by atoms with Gasteiger partial charge >= 0.3 is 7.69 Å². The zero-order valence-corrected chi connectivity index (χ0v) is 17.2. The van der Waals surface area contributed by atoms with Gasteiger partial charge in [-0.3, -0.25) is 4.98 Å². The van der Waals surface area contributed by atoms with Crippen molar-refractivity contribution < 1.29 is 9.31 Å². The molecule has 2 aromatic carbocycles. The predicted molar refractivity (Wildman–Crippen MR) is 124 cm³/mol. The Labute approximate surface area is 184 Å². The summed E-state index contributed by atoms with van der Waals surface area (Å²) >= 11 is 1.69. The summed E-state index contributed by atoms with van der Waals surface area (Å²) in [5.74, 6) is 1.21. The Morgan fingerprint density at radius 1 is 0.742 bits per heavy atom. The molecular formula is C25H15BN2O2S. The van der Waals surface area contributed by atoms with E-state index in [-0.39, 0.29) is 0 Å². The molecule has 1 aliphatic heterocycles. The van der Waals surface area contributed by atoms with Gasteiger partial charge in [-0.15, -0.1) is 11.3 Å². The first-order valence-electron chi connectivity index (χ1n) is 9.89. The van der Waals surface area contributed by atoms with Crippen LogP contribution in [0.15, 0.2) is 84.9 Å². The lowest BCUT2D eigenvalue weighted by Gasteiger charge is -2.09. The Bertz CT molecular complexity index is 1420. The third-order valence-electron chi connectivity index (χ3n) is 5.11. The average molecular weight is 418 g/mol. The lowest BCUT2D eigenvalue weighted by Crippen LogP contribution is -2.12. The Morgan fingerprint density at radius 2 is 1.61 bits per heavy atom. The van der Waals surface area contributed by atoms with Gasteiger partial charge in [0.05, 0.1) is 16.3 Å². The van der Waals surface area contributed by atoms with E-state index in [4.69, 9.17) is 14.3 Å². The number of fused-ring (bicyclic) bond motifs is 9. The summed E-state index contributed by atoms with van der Waals surface area (Å²) in [7, 11) is 1.33. The van der Waals surface area contributed by atoms with Crippen molar-refractivity contribution in [1.82, 2.24) is 9.97 Å². The highest BCUT2D eigenvalue weighted by Crippen LogP contribution is 2.37. The highest BCUT2D eigenvalue weighted by Gasteiger charge is 2.13. The van der Waals surface area contributed by atoms with E-state index in [1.807, 2.05) is 60.7 Å². The number of nitrogens with zero attached hydrogens (tertiary/aromatic N) is 2. The second-order valence-corrected chi connectivity index (χ2v) is 8.27. The molecule has 0 aliphatic carbocycles. The predicted octanol–water partition coefficient (Wildman–Crippen LogP) is 5.93. The first-order valence-corrected chi connectivity index (χ1v) is 10.7. The molecule has 0 spiro atoms. The fourth-order valence-corrected chi connectivity index (χ4v) is 4.71. The van der Waals surface area contributed by atoms with Gasteiger partial charge in [-0.25, -0.2) is 4.98 Å². The molecule has 0 amide bonds. The van der Waals surface area contributed by atoms with Gasteiger partial charge in [-0.05, 0) is 54.1 Å². The summed E-state index contributed by atoms with van der Waals surface area (Å²) in [5, 5.41) is 1.02. The van der Waals surface area contributed by atoms with Gasteiger partial charge in [-0.2, -0.15) is 0 Å². The van der Waals surface area contributed by atoms with Gasteiger partial charge in [0.15, 0.2) is 5.88 Å². The maximum absolute atomic E-state index is 5.84. The van der Waals surface area contributed by atoms with Crippen LogP contribution in [0.2, 0.25) is 0 Å². The molecular weight excluding hydrogens is 403 g/mol. The first kappa shape index (κ1) is 18.2. The molecule has 0 atom stereocenters. The lowest BCUT2D eigenvalue weighted by atomic mass is 10.0. The molecule has 8 bridgehead atoms. The normalized spacial score (nSPS) is 12.5. The van der Waals surface area contributed by atoms with Crippen LogP contribution in [0.4, 0.5) is 0 Å². The molecule has 2 radical (unpaired) electrons. The molecule has 0 N–H and O–H groups in total. The van der Waals surface area contributed by atoms with E-state index in [0.717, 1.165) is 48.9 Å². The number of aromatic nitrogens is 2. The van der Waals surface area contributed by atoms with Crippen LogP contribution >= 0.6 is 11.3 Å². The summed E-state index contributed by atoms with van der Waals surface area (Å²) < 4.78 is 12.7. The molecule has 4 heterocycles. The van der Waals surface area contributed by atoms with Crippen LogP contribution in [0.3, 0.4) is 0 Å². The van der Waals surface area contributed by atoms with Crippen LogP contribution < -0.4 is 9.31 Å². The van der Waals surface area contributed by atoms with Crippen molar-refractivity contribution in [2.45, 2.75) is 0 Å². The third-order valence-corrected chi connectivity index (χ3v) is 6.23. The second kappa shape index (κ2) is 7.56. The molecule has 0 saturated heterocycles. The Balaban J connectivity index is 1.50. The summed E-state index contributed by atoms with van der Waals surface area (Å²) in [6.45, 7) is 0. The van der Waals surface area contributed by atoms with Gasteiger partial charge in [0.25, 0.3) is 0 Å². The third kappa shape index (κ3) is 3.55. The number of pyridine rings is 2. The van der Waals surface area contributed by atoms with E-state index in [9.17, 15) is 0 Å². The molecule has 31 heavy (non-hydrogen) atoms. The van der Waals surface area contributed by atoms with Crippen LogP contribution in [-0.2, 0) is 0 Å². The molecule has 0 unspecified atom stereocenters. The molecule has 4 nitrogen and oxygen atoms in total. The van der Waals surface area contributed by atoms with E-state index in [0.29, 0.717) is 5.88 Å². The van der Waals surface area contributed by atoms with E-state index >= 15 is 0 Å². The van der Waals surface area contributed by atoms with Crippen molar-refractivity contribution in [2.24, 2.45) is 0 Å². The molecule has 3 aromatic heterocycles. The average Bonchev–Trinajstić information content (AvgIpc) is 3.25. The quantitative estimate of drug-likeness (QED) is 0.293. The highest BCUT2D eigenvalue weighted by molar-refractivity contribution is 7.22. The van der Waals surface area contributed by atoms with Crippen LogP contribution in [0, 0.1) is 6.42 Å². The van der Waals surface area contributed by atoms with Crippen molar-refractivity contribution in [2.75, 3.05) is 0 Å². The topological polar surface area (TPSA) is 44.2 Å². The molecule has 5 aromatic rings. The number of thiophene rings is 1. The Morgan fingerprint density at radius 3 is 2.61 bits per heavy atom. The van der Waals surface area contributed by atoms with Crippen molar-refractivity contribution in [3.05, 3.63) is 103 Å². The van der Waals surface area contributed by atoms with E-state index < -0.39 is 0 Å². The van der Waals surface area contributed by atoms with Crippen molar-refractivity contribution in [1.29, 1.82) is 0 Å². The smallest absolute Gasteiger partial charge is 0.526 e. The molecule has 0 saturated carbocycles. The zero-order chi connectivity index (χ0) is 20.6.